The Hall–Kier alpha value is -1.88. The molecule has 0 atom stereocenters. The van der Waals surface area contributed by atoms with Gasteiger partial charge < -0.3 is 0 Å². The fourth-order valence-electron chi connectivity index (χ4n) is 2.41. The molecule has 100 valence electrons. The normalized spacial score (nSPS) is 14.8. The quantitative estimate of drug-likeness (QED) is 0.584. The molecule has 5 heteroatoms. The molecule has 0 amide bonds. The van der Waals surface area contributed by atoms with Crippen LogP contribution in [0, 0.1) is 11.6 Å². The number of ketones is 2. The lowest BCUT2D eigenvalue weighted by Crippen LogP contribution is -2.16. The second kappa shape index (κ2) is 4.59. The summed E-state index contributed by atoms with van der Waals surface area (Å²) in [6.45, 7) is 0. The minimum Gasteiger partial charge on any atom is -0.293 e. The Bertz CT molecular complexity index is 721. The number of halogens is 3. The van der Waals surface area contributed by atoms with Gasteiger partial charge in [-0.15, -0.1) is 0 Å². The molecule has 0 bridgehead atoms. The summed E-state index contributed by atoms with van der Waals surface area (Å²) in [5.41, 5.74) is -0.0758. The fourth-order valence-corrected chi connectivity index (χ4v) is 2.76. The number of rotatable bonds is 1. The Balaban J connectivity index is 2.22. The molecule has 2 aromatic rings. The van der Waals surface area contributed by atoms with E-state index >= 15 is 0 Å². The third-order valence-corrected chi connectivity index (χ3v) is 3.96. The van der Waals surface area contributed by atoms with Crippen LogP contribution in [-0.4, -0.2) is 11.6 Å². The smallest absolute Gasteiger partial charge is 0.179 e. The summed E-state index contributed by atoms with van der Waals surface area (Å²) in [5, 5.41) is 0. The van der Waals surface area contributed by atoms with E-state index in [2.05, 4.69) is 15.9 Å². The zero-order chi connectivity index (χ0) is 14.4. The van der Waals surface area contributed by atoms with Crippen molar-refractivity contribution < 1.29 is 18.4 Å². The summed E-state index contributed by atoms with van der Waals surface area (Å²) in [7, 11) is 0. The van der Waals surface area contributed by atoms with Gasteiger partial charge >= 0.3 is 0 Å². The van der Waals surface area contributed by atoms with Gasteiger partial charge in [0, 0.05) is 16.7 Å². The molecular weight excluding hydrogens is 330 g/mol. The Labute approximate surface area is 121 Å². The predicted octanol–water partition coefficient (Wildman–Crippen LogP) is 3.89. The van der Waals surface area contributed by atoms with Crippen LogP contribution in [0.1, 0.15) is 32.2 Å². The van der Waals surface area contributed by atoms with Gasteiger partial charge in [-0.25, -0.2) is 8.78 Å². The molecule has 1 aliphatic carbocycles. The number of fused-ring (bicyclic) bond motifs is 1. The van der Waals surface area contributed by atoms with E-state index in [1.165, 1.54) is 18.2 Å². The molecular formula is C15H7BrF2O2. The Kier molecular flexibility index (Phi) is 3.01. The van der Waals surface area contributed by atoms with E-state index in [0.29, 0.717) is 0 Å². The van der Waals surface area contributed by atoms with Crippen LogP contribution in [0.4, 0.5) is 8.78 Å². The van der Waals surface area contributed by atoms with Crippen LogP contribution in [-0.2, 0) is 0 Å². The van der Waals surface area contributed by atoms with Gasteiger partial charge in [-0.1, -0.05) is 24.3 Å². The first kappa shape index (κ1) is 13.1. The molecule has 0 saturated heterocycles. The number of benzene rings is 2. The maximum absolute atomic E-state index is 14.1. The summed E-state index contributed by atoms with van der Waals surface area (Å²) in [4.78, 5) is 24.5. The third-order valence-electron chi connectivity index (χ3n) is 3.35. The highest BCUT2D eigenvalue weighted by atomic mass is 79.9. The average molecular weight is 337 g/mol. The SMILES string of the molecule is O=C1c2ccccc2C(=O)C1c1c(F)ccc(Br)c1F. The van der Waals surface area contributed by atoms with E-state index in [0.717, 1.165) is 6.07 Å². The van der Waals surface area contributed by atoms with Gasteiger partial charge in [0.15, 0.2) is 11.6 Å². The summed E-state index contributed by atoms with van der Waals surface area (Å²) < 4.78 is 28.0. The molecule has 0 unspecified atom stereocenters. The lowest BCUT2D eigenvalue weighted by molar-refractivity contribution is 0.0885. The Morgan fingerprint density at radius 2 is 1.45 bits per heavy atom. The average Bonchev–Trinajstić information content (AvgIpc) is 2.69. The van der Waals surface area contributed by atoms with Gasteiger partial charge in [0.2, 0.25) is 0 Å². The molecule has 2 nitrogen and oxygen atoms in total. The molecule has 0 aliphatic heterocycles. The van der Waals surface area contributed by atoms with Crippen molar-refractivity contribution in [2.24, 2.45) is 0 Å². The second-order valence-corrected chi connectivity index (χ2v) is 5.32. The van der Waals surface area contributed by atoms with Crippen LogP contribution in [0.2, 0.25) is 0 Å². The first-order valence-electron chi connectivity index (χ1n) is 5.83. The summed E-state index contributed by atoms with van der Waals surface area (Å²) in [6.07, 6.45) is 0. The van der Waals surface area contributed by atoms with E-state index in [-0.39, 0.29) is 15.6 Å². The number of carbonyl (C=O) groups is 2. The Morgan fingerprint density at radius 3 is 2.00 bits per heavy atom. The molecule has 0 heterocycles. The number of hydrogen-bond donors (Lipinski definition) is 0. The van der Waals surface area contributed by atoms with E-state index in [9.17, 15) is 18.4 Å². The minimum absolute atomic E-state index is 0.0189. The highest BCUT2D eigenvalue weighted by Gasteiger charge is 2.42. The zero-order valence-electron chi connectivity index (χ0n) is 9.99. The number of Topliss-reactive ketones (excluding diaryl/α,β-unsaturated/α-hetero) is 2. The molecule has 0 fully saturated rings. The van der Waals surface area contributed by atoms with Gasteiger partial charge in [0.05, 0.1) is 4.47 Å². The standard InChI is InChI=1S/C15H7BrF2O2/c16-9-5-6-10(17)11(13(9)18)12-14(19)7-3-1-2-4-8(7)15(12)20/h1-6,12H. The van der Waals surface area contributed by atoms with Crippen molar-refractivity contribution in [2.45, 2.75) is 5.92 Å². The Morgan fingerprint density at radius 1 is 0.900 bits per heavy atom. The van der Waals surface area contributed by atoms with Crippen molar-refractivity contribution in [3.8, 4) is 0 Å². The minimum atomic E-state index is -1.44. The molecule has 0 spiro atoms. The highest BCUT2D eigenvalue weighted by Crippen LogP contribution is 2.37. The fraction of sp³-hybridized carbons (Fsp3) is 0.0667. The van der Waals surface area contributed by atoms with Gasteiger partial charge in [0.25, 0.3) is 0 Å². The van der Waals surface area contributed by atoms with E-state index in [1.807, 2.05) is 0 Å². The van der Waals surface area contributed by atoms with Crippen LogP contribution in [0.15, 0.2) is 40.9 Å². The van der Waals surface area contributed by atoms with Crippen molar-refractivity contribution in [1.29, 1.82) is 0 Å². The molecule has 0 N–H and O–H groups in total. The van der Waals surface area contributed by atoms with Crippen molar-refractivity contribution in [3.05, 3.63) is 69.2 Å². The highest BCUT2D eigenvalue weighted by molar-refractivity contribution is 9.10. The predicted molar refractivity (Wildman–Crippen MR) is 71.9 cm³/mol. The number of carbonyl (C=O) groups excluding carboxylic acids is 2. The van der Waals surface area contributed by atoms with Crippen LogP contribution in [0.5, 0.6) is 0 Å². The van der Waals surface area contributed by atoms with Crippen molar-refractivity contribution in [2.75, 3.05) is 0 Å². The van der Waals surface area contributed by atoms with Gasteiger partial charge in [0.1, 0.15) is 17.6 Å². The third kappa shape index (κ3) is 1.73. The molecule has 2 aromatic carbocycles. The molecule has 3 rings (SSSR count). The van der Waals surface area contributed by atoms with Crippen molar-refractivity contribution >= 4 is 27.5 Å². The van der Waals surface area contributed by atoms with Gasteiger partial charge in [-0.3, -0.25) is 9.59 Å². The van der Waals surface area contributed by atoms with Crippen molar-refractivity contribution in [3.63, 3.8) is 0 Å². The first-order chi connectivity index (χ1) is 9.52. The first-order valence-corrected chi connectivity index (χ1v) is 6.62. The second-order valence-electron chi connectivity index (χ2n) is 4.46. The van der Waals surface area contributed by atoms with Crippen LogP contribution in [0.3, 0.4) is 0 Å². The van der Waals surface area contributed by atoms with Crippen LogP contribution < -0.4 is 0 Å². The maximum atomic E-state index is 14.1. The van der Waals surface area contributed by atoms with Gasteiger partial charge in [-0.05, 0) is 28.1 Å². The largest absolute Gasteiger partial charge is 0.293 e. The van der Waals surface area contributed by atoms with E-state index in [4.69, 9.17) is 0 Å². The topological polar surface area (TPSA) is 34.1 Å². The summed E-state index contributed by atoms with van der Waals surface area (Å²) >= 11 is 2.94. The van der Waals surface area contributed by atoms with Crippen molar-refractivity contribution in [1.82, 2.24) is 0 Å². The van der Waals surface area contributed by atoms with Gasteiger partial charge in [-0.2, -0.15) is 0 Å². The lowest BCUT2D eigenvalue weighted by atomic mass is 9.93. The van der Waals surface area contributed by atoms with E-state index < -0.39 is 34.7 Å². The van der Waals surface area contributed by atoms with Crippen LogP contribution >= 0.6 is 15.9 Å². The molecule has 0 radical (unpaired) electrons. The van der Waals surface area contributed by atoms with Crippen LogP contribution in [0.25, 0.3) is 0 Å². The maximum Gasteiger partial charge on any atom is 0.179 e. The lowest BCUT2D eigenvalue weighted by Gasteiger charge is -2.11. The monoisotopic (exact) mass is 336 g/mol. The summed E-state index contributed by atoms with van der Waals surface area (Å²) in [5.74, 6) is -4.39. The molecule has 0 saturated carbocycles. The zero-order valence-corrected chi connectivity index (χ0v) is 11.6. The molecule has 1 aliphatic rings. The number of hydrogen-bond acceptors (Lipinski definition) is 2. The van der Waals surface area contributed by atoms with E-state index in [1.54, 1.807) is 12.1 Å². The molecule has 0 aromatic heterocycles. The summed E-state index contributed by atoms with van der Waals surface area (Å²) in [6, 6.07) is 8.43. The molecule has 20 heavy (non-hydrogen) atoms.